The molecular weight excluding hydrogens is 633 g/mol. The van der Waals surface area contributed by atoms with Crippen molar-refractivity contribution >= 4 is 34.2 Å². The molecule has 7 nitrogen and oxygen atoms in total. The summed E-state index contributed by atoms with van der Waals surface area (Å²) in [6.07, 6.45) is 1.12. The van der Waals surface area contributed by atoms with E-state index >= 15 is 0 Å². The van der Waals surface area contributed by atoms with Gasteiger partial charge in [0.2, 0.25) is 12.6 Å². The molecule has 7 heteroatoms. The van der Waals surface area contributed by atoms with Crippen LogP contribution in [0, 0.1) is 0 Å². The van der Waals surface area contributed by atoms with Gasteiger partial charge in [-0.2, -0.15) is 0 Å². The van der Waals surface area contributed by atoms with Crippen molar-refractivity contribution in [2.45, 2.75) is 12.6 Å². The minimum Gasteiger partial charge on any atom is -0.363 e. The zero-order valence-corrected chi connectivity index (χ0v) is 27.4. The summed E-state index contributed by atoms with van der Waals surface area (Å²) in [4.78, 5) is 17.7. The Morgan fingerprint density at radius 2 is 0.706 bits per heavy atom. The van der Waals surface area contributed by atoms with Gasteiger partial charge in [-0.3, -0.25) is 0 Å². The molecule has 2 unspecified atom stereocenters. The van der Waals surface area contributed by atoms with Gasteiger partial charge in [-0.15, -0.1) is 0 Å². The Balaban J connectivity index is 1.52. The number of aliphatic hydroxyl groups is 2. The summed E-state index contributed by atoms with van der Waals surface area (Å²) in [6, 6.07) is 48.0. The number of aromatic nitrogens is 4. The summed E-state index contributed by atoms with van der Waals surface area (Å²) in [7, 11) is 0. The highest BCUT2D eigenvalue weighted by Gasteiger charge is 2.30. The lowest BCUT2D eigenvalue weighted by Gasteiger charge is -2.25. The molecule has 51 heavy (non-hydrogen) atoms. The molecule has 0 saturated carbocycles. The predicted octanol–water partition coefficient (Wildman–Crippen LogP) is 9.85. The number of benzene rings is 4. The van der Waals surface area contributed by atoms with E-state index in [-0.39, 0.29) is 11.4 Å². The molecule has 4 N–H and O–H groups in total. The van der Waals surface area contributed by atoms with Crippen molar-refractivity contribution in [1.29, 1.82) is 0 Å². The zero-order valence-electron chi connectivity index (χ0n) is 27.4. The van der Waals surface area contributed by atoms with Gasteiger partial charge in [0.1, 0.15) is 11.4 Å². The van der Waals surface area contributed by atoms with Crippen molar-refractivity contribution in [3.05, 3.63) is 168 Å². The maximum absolute atomic E-state index is 11.5. The number of aromatic amines is 2. The highest BCUT2D eigenvalue weighted by atomic mass is 16.7. The molecule has 2 aliphatic heterocycles. The van der Waals surface area contributed by atoms with Gasteiger partial charge >= 0.3 is 0 Å². The number of hydrogen-bond donors (Lipinski definition) is 4. The molecule has 0 radical (unpaired) electrons. The van der Waals surface area contributed by atoms with Crippen molar-refractivity contribution in [3.8, 4) is 44.5 Å². The Morgan fingerprint density at radius 3 is 1.06 bits per heavy atom. The van der Waals surface area contributed by atoms with Crippen molar-refractivity contribution < 1.29 is 14.9 Å². The lowest BCUT2D eigenvalue weighted by Crippen LogP contribution is -2.19. The molecule has 7 aromatic rings. The SMILES string of the molecule is OC1OC(O)c2nc1c(-c1ccccc1)c1ccc([nH]1)c(-c1ccccc1)c1nc(c(-c3ccccc3)c3ccc([nH]3)c2-c2ccccc2)C=C1. The molecule has 9 rings (SSSR count). The molecule has 5 heterocycles. The minimum absolute atomic E-state index is 0.272. The fourth-order valence-corrected chi connectivity index (χ4v) is 7.05. The lowest BCUT2D eigenvalue weighted by atomic mass is 10.0. The second-order valence-corrected chi connectivity index (χ2v) is 12.5. The van der Waals surface area contributed by atoms with E-state index in [0.29, 0.717) is 11.1 Å². The maximum atomic E-state index is 11.5. The monoisotopic (exact) mass is 664 g/mol. The standard InChI is InChI=1S/C44H32N4O3/c49-43-41-39(29-17-9-3-10-18-29)35-25-23-33(46-35)37(27-13-5-1-6-14-27)31-21-22-32(45-31)38(28-15-7-2-8-16-28)34-24-26-36(47-34)40(30-19-11-4-12-20-30)42(48-41)44(50)51-43/h1-26,43-44,46-47,49-50H. The third-order valence-corrected chi connectivity index (χ3v) is 9.33. The number of rotatable bonds is 4. The van der Waals surface area contributed by atoms with Crippen molar-refractivity contribution in [3.63, 3.8) is 0 Å². The third-order valence-electron chi connectivity index (χ3n) is 9.33. The van der Waals surface area contributed by atoms with E-state index in [2.05, 4.69) is 46.4 Å². The van der Waals surface area contributed by atoms with Crippen molar-refractivity contribution in [1.82, 2.24) is 19.9 Å². The van der Waals surface area contributed by atoms with Gasteiger partial charge in [0.25, 0.3) is 0 Å². The lowest BCUT2D eigenvalue weighted by molar-refractivity contribution is -0.226. The van der Waals surface area contributed by atoms with E-state index in [4.69, 9.17) is 14.7 Å². The van der Waals surface area contributed by atoms with Crippen molar-refractivity contribution in [2.24, 2.45) is 0 Å². The summed E-state index contributed by atoms with van der Waals surface area (Å²) < 4.78 is 5.91. The Kier molecular flexibility index (Phi) is 7.71. The Morgan fingerprint density at radius 1 is 0.392 bits per heavy atom. The van der Waals surface area contributed by atoms with Gasteiger partial charge in [0.05, 0.1) is 11.4 Å². The Bertz CT molecular complexity index is 2400. The van der Waals surface area contributed by atoms with E-state index < -0.39 is 12.6 Å². The molecular formula is C44H32N4O3. The average molecular weight is 665 g/mol. The van der Waals surface area contributed by atoms with Gasteiger partial charge in [0, 0.05) is 44.3 Å². The average Bonchev–Trinajstić information content (AvgIpc) is 3.96. The molecule has 2 atom stereocenters. The van der Waals surface area contributed by atoms with E-state index in [9.17, 15) is 10.2 Å². The number of nitrogens with zero attached hydrogens (tertiary/aromatic N) is 2. The first-order valence-corrected chi connectivity index (χ1v) is 16.8. The van der Waals surface area contributed by atoms with Crippen LogP contribution in [0.5, 0.6) is 0 Å². The Hall–Kier alpha value is -6.38. The zero-order chi connectivity index (χ0) is 34.3. The highest BCUT2D eigenvalue weighted by molar-refractivity contribution is 5.97. The van der Waals surface area contributed by atoms with Crippen LogP contribution in [0.3, 0.4) is 0 Å². The molecule has 0 aliphatic carbocycles. The van der Waals surface area contributed by atoms with Crippen LogP contribution in [0.2, 0.25) is 0 Å². The molecule has 3 aromatic heterocycles. The third kappa shape index (κ3) is 5.56. The summed E-state index contributed by atoms with van der Waals surface area (Å²) in [6.45, 7) is 0. The number of ether oxygens (including phenoxy) is 1. The second-order valence-electron chi connectivity index (χ2n) is 12.5. The van der Waals surface area contributed by atoms with Crippen LogP contribution in [0.4, 0.5) is 0 Å². The fourth-order valence-electron chi connectivity index (χ4n) is 7.05. The Labute approximate surface area is 293 Å². The molecule has 0 spiro atoms. The number of hydrogen-bond acceptors (Lipinski definition) is 5. The quantitative estimate of drug-likeness (QED) is 0.150. The predicted molar refractivity (Wildman–Crippen MR) is 203 cm³/mol. The molecule has 0 amide bonds. The van der Waals surface area contributed by atoms with Crippen LogP contribution in [-0.2, 0) is 4.74 Å². The molecule has 0 fully saturated rings. The second kappa shape index (κ2) is 12.8. The van der Waals surface area contributed by atoms with Crippen LogP contribution in [0.1, 0.15) is 35.4 Å². The van der Waals surface area contributed by atoms with Gasteiger partial charge < -0.3 is 24.9 Å². The highest BCUT2D eigenvalue weighted by Crippen LogP contribution is 2.41. The largest absolute Gasteiger partial charge is 0.363 e. The smallest absolute Gasteiger partial charge is 0.202 e. The normalized spacial score (nSPS) is 15.5. The number of nitrogens with one attached hydrogen (secondary N) is 2. The van der Waals surface area contributed by atoms with E-state index in [1.54, 1.807) is 0 Å². The summed E-state index contributed by atoms with van der Waals surface area (Å²) in [5.74, 6) is 0. The number of fused-ring (bicyclic) bond motifs is 8. The summed E-state index contributed by atoms with van der Waals surface area (Å²) in [5.41, 5.74) is 12.1. The topological polar surface area (TPSA) is 107 Å². The fraction of sp³-hybridized carbons (Fsp3) is 0.0455. The molecule has 2 aliphatic rings. The van der Waals surface area contributed by atoms with Crippen LogP contribution in [0.25, 0.3) is 78.7 Å². The van der Waals surface area contributed by atoms with Crippen LogP contribution in [0.15, 0.2) is 146 Å². The first-order valence-electron chi connectivity index (χ1n) is 16.8. The van der Waals surface area contributed by atoms with Crippen LogP contribution >= 0.6 is 0 Å². The first kappa shape index (κ1) is 30.7. The van der Waals surface area contributed by atoms with Gasteiger partial charge in [-0.05, 0) is 58.7 Å². The minimum atomic E-state index is -1.50. The summed E-state index contributed by atoms with van der Waals surface area (Å²) in [5, 5.41) is 23.0. The summed E-state index contributed by atoms with van der Waals surface area (Å²) >= 11 is 0. The molecule has 0 saturated heterocycles. The molecule has 246 valence electrons. The van der Waals surface area contributed by atoms with Crippen LogP contribution in [-0.4, -0.2) is 30.1 Å². The number of H-pyrrole nitrogens is 2. The molecule has 4 aromatic carbocycles. The van der Waals surface area contributed by atoms with Gasteiger partial charge in [0.15, 0.2) is 0 Å². The first-order chi connectivity index (χ1) is 25.1. The van der Waals surface area contributed by atoms with Crippen LogP contribution < -0.4 is 0 Å². The van der Waals surface area contributed by atoms with E-state index in [0.717, 1.165) is 66.8 Å². The van der Waals surface area contributed by atoms with Crippen molar-refractivity contribution in [2.75, 3.05) is 0 Å². The van der Waals surface area contributed by atoms with E-state index in [1.807, 2.05) is 121 Å². The van der Waals surface area contributed by atoms with Gasteiger partial charge in [-0.25, -0.2) is 9.97 Å². The van der Waals surface area contributed by atoms with Gasteiger partial charge in [-0.1, -0.05) is 121 Å². The number of aliphatic hydroxyl groups excluding tert-OH is 2. The molecule has 8 bridgehead atoms. The maximum Gasteiger partial charge on any atom is 0.202 e. The van der Waals surface area contributed by atoms with E-state index in [1.165, 1.54) is 0 Å².